The van der Waals surface area contributed by atoms with Gasteiger partial charge in [-0.05, 0) is 96.8 Å². The quantitative estimate of drug-likeness (QED) is 0.233. The van der Waals surface area contributed by atoms with E-state index in [0.29, 0.717) is 38.0 Å². The molecule has 0 saturated carbocycles. The first-order valence-corrected chi connectivity index (χ1v) is 24.1. The van der Waals surface area contributed by atoms with Crippen LogP contribution in [0.3, 0.4) is 0 Å². The number of carbonyl (C=O) groups is 1. The van der Waals surface area contributed by atoms with Crippen LogP contribution < -0.4 is 0 Å². The smallest absolute Gasteiger partial charge is 0.308 e. The maximum Gasteiger partial charge on any atom is 0.308 e. The van der Waals surface area contributed by atoms with Crippen LogP contribution in [-0.4, -0.2) is 132 Å². The summed E-state index contributed by atoms with van der Waals surface area (Å²) in [6, 6.07) is 0. The van der Waals surface area contributed by atoms with Crippen LogP contribution in [0, 0.1) is 11.8 Å². The molecule has 0 aliphatic carbocycles. The lowest BCUT2D eigenvalue weighted by molar-refractivity contribution is -0.316. The Labute approximate surface area is 362 Å². The predicted octanol–water partition coefficient (Wildman–Crippen LogP) is 6.77. The number of aliphatic hydroxyl groups excluding tert-OH is 1. The van der Waals surface area contributed by atoms with E-state index in [1.54, 1.807) is 0 Å². The Bertz CT molecular complexity index is 1670. The number of rotatable bonds is 2. The van der Waals surface area contributed by atoms with E-state index in [0.717, 1.165) is 69.8 Å². The second-order valence-corrected chi connectivity index (χ2v) is 21.4. The first kappa shape index (κ1) is 43.2. The van der Waals surface area contributed by atoms with Gasteiger partial charge in [-0.1, -0.05) is 43.7 Å². The van der Waals surface area contributed by atoms with E-state index in [-0.39, 0.29) is 116 Å². The van der Waals surface area contributed by atoms with Crippen LogP contribution >= 0.6 is 0 Å². The highest BCUT2D eigenvalue weighted by molar-refractivity contribution is 5.72. The van der Waals surface area contributed by atoms with E-state index in [1.807, 2.05) is 6.92 Å². The molecule has 0 aromatic rings. The summed E-state index contributed by atoms with van der Waals surface area (Å²) in [4.78, 5) is 12.3. The van der Waals surface area contributed by atoms with E-state index in [2.05, 4.69) is 58.6 Å². The number of ether oxygens (including phenoxy) is 10. The van der Waals surface area contributed by atoms with Gasteiger partial charge < -0.3 is 52.5 Å². The number of aliphatic hydroxyl groups is 1. The maximum absolute atomic E-state index is 12.3. The zero-order valence-electron chi connectivity index (χ0n) is 37.1. The van der Waals surface area contributed by atoms with Crippen LogP contribution in [0.2, 0.25) is 0 Å². The van der Waals surface area contributed by atoms with Gasteiger partial charge in [-0.2, -0.15) is 0 Å². The molecule has 10 aliphatic heterocycles. The third-order valence-corrected chi connectivity index (χ3v) is 16.1. The van der Waals surface area contributed by atoms with Crippen LogP contribution in [0.5, 0.6) is 0 Å². The summed E-state index contributed by atoms with van der Waals surface area (Å²) in [6.07, 6.45) is 16.8. The molecule has 8 fully saturated rings. The summed E-state index contributed by atoms with van der Waals surface area (Å²) in [5, 5.41) is 11.2. The van der Waals surface area contributed by atoms with E-state index < -0.39 is 17.3 Å². The molecule has 0 amide bonds. The average Bonchev–Trinajstić information content (AvgIpc) is 3.49. The van der Waals surface area contributed by atoms with E-state index in [1.165, 1.54) is 0 Å². The van der Waals surface area contributed by atoms with Gasteiger partial charge in [0.2, 0.25) is 0 Å². The fourth-order valence-corrected chi connectivity index (χ4v) is 13.2. The summed E-state index contributed by atoms with van der Waals surface area (Å²) in [7, 11) is 0. The van der Waals surface area contributed by atoms with Crippen LogP contribution in [-0.2, 0) is 52.2 Å². The number of fused-ring (bicyclic) bond motifs is 9. The van der Waals surface area contributed by atoms with Gasteiger partial charge in [-0.15, -0.1) is 6.58 Å². The summed E-state index contributed by atoms with van der Waals surface area (Å²) in [5.41, 5.74) is 0.00365. The van der Waals surface area contributed by atoms with Crippen molar-refractivity contribution >= 4 is 5.97 Å². The summed E-state index contributed by atoms with van der Waals surface area (Å²) in [6.45, 7) is 15.0. The van der Waals surface area contributed by atoms with Crippen molar-refractivity contribution in [2.75, 3.05) is 0 Å². The third kappa shape index (κ3) is 8.75. The van der Waals surface area contributed by atoms with E-state index in [9.17, 15) is 9.90 Å². The van der Waals surface area contributed by atoms with Crippen LogP contribution in [0.4, 0.5) is 0 Å². The molecule has 0 radical (unpaired) electrons. The highest BCUT2D eigenvalue weighted by atomic mass is 16.6. The van der Waals surface area contributed by atoms with Crippen molar-refractivity contribution in [1.29, 1.82) is 0 Å². The minimum absolute atomic E-state index is 0.0449. The highest BCUT2D eigenvalue weighted by Gasteiger charge is 2.57. The Morgan fingerprint density at radius 2 is 1.39 bits per heavy atom. The van der Waals surface area contributed by atoms with Crippen LogP contribution in [0.25, 0.3) is 0 Å². The third-order valence-electron chi connectivity index (χ3n) is 16.1. The summed E-state index contributed by atoms with van der Waals surface area (Å²) in [5.74, 6) is 0.363. The molecule has 10 aliphatic rings. The van der Waals surface area contributed by atoms with Crippen LogP contribution in [0.1, 0.15) is 131 Å². The van der Waals surface area contributed by atoms with Gasteiger partial charge >= 0.3 is 5.97 Å². The van der Waals surface area contributed by atoms with Gasteiger partial charge in [-0.3, -0.25) is 4.79 Å². The largest absolute Gasteiger partial charge is 0.459 e. The van der Waals surface area contributed by atoms with Crippen molar-refractivity contribution in [3.05, 3.63) is 36.5 Å². The zero-order chi connectivity index (χ0) is 42.2. The molecule has 8 saturated heterocycles. The number of hydrogen-bond acceptors (Lipinski definition) is 12. The van der Waals surface area contributed by atoms with Crippen molar-refractivity contribution in [2.24, 2.45) is 11.8 Å². The number of esters is 1. The van der Waals surface area contributed by atoms with Crippen molar-refractivity contribution in [1.82, 2.24) is 0 Å². The first-order chi connectivity index (χ1) is 29.3. The first-order valence-electron chi connectivity index (χ1n) is 24.1. The molecule has 22 atom stereocenters. The van der Waals surface area contributed by atoms with E-state index >= 15 is 0 Å². The Hall–Kier alpha value is -1.71. The lowest BCUT2D eigenvalue weighted by Crippen LogP contribution is -2.65. The van der Waals surface area contributed by atoms with Crippen molar-refractivity contribution in [3.63, 3.8) is 0 Å². The summed E-state index contributed by atoms with van der Waals surface area (Å²) < 4.78 is 68.3. The molecule has 0 aromatic carbocycles. The SMILES string of the molecule is C=C(C)C[C@@H]1C[C@H](O)C2OC3C[C@]4(C)OC5/C=C\CC6OC7C(C/C=C\CC6OC5CCCC4OC3CC2O1)OC1CC2OC3CC(=O)OC3C[C@@H](C)C[C@@]2(C)OC1C[C@@H]7C. The molecule has 10 rings (SSSR count). The van der Waals surface area contributed by atoms with Gasteiger partial charge in [0, 0.05) is 25.7 Å². The molecule has 61 heavy (non-hydrogen) atoms. The fraction of sp³-hybridized carbons (Fsp3) is 0.857. The van der Waals surface area contributed by atoms with Gasteiger partial charge in [0.1, 0.15) is 24.4 Å². The maximum atomic E-state index is 12.3. The van der Waals surface area contributed by atoms with Crippen molar-refractivity contribution < 1.29 is 57.3 Å². The van der Waals surface area contributed by atoms with Gasteiger partial charge in [-0.25, -0.2) is 0 Å². The highest BCUT2D eigenvalue weighted by Crippen LogP contribution is 2.48. The molecule has 0 aromatic heterocycles. The lowest BCUT2D eigenvalue weighted by Gasteiger charge is -2.55. The second-order valence-electron chi connectivity index (χ2n) is 21.4. The van der Waals surface area contributed by atoms with E-state index in [4.69, 9.17) is 47.4 Å². The molecule has 12 nitrogen and oxygen atoms in total. The molecule has 12 heteroatoms. The molecular weight excluding hydrogens is 781 g/mol. The van der Waals surface area contributed by atoms with Crippen molar-refractivity contribution in [2.45, 2.75) is 252 Å². The van der Waals surface area contributed by atoms with Gasteiger partial charge in [0.05, 0.1) is 103 Å². The molecule has 1 N–H and O–H groups in total. The second kappa shape index (κ2) is 17.3. The Morgan fingerprint density at radius 1 is 0.672 bits per heavy atom. The average molecular weight is 853 g/mol. The lowest BCUT2D eigenvalue weighted by atomic mass is 9.78. The molecule has 16 unspecified atom stereocenters. The topological polar surface area (TPSA) is 130 Å². The molecule has 10 heterocycles. The van der Waals surface area contributed by atoms with Gasteiger partial charge in [0.25, 0.3) is 0 Å². The summed E-state index contributed by atoms with van der Waals surface area (Å²) >= 11 is 0. The zero-order valence-corrected chi connectivity index (χ0v) is 37.1. The number of carbonyl (C=O) groups excluding carboxylic acids is 1. The van der Waals surface area contributed by atoms with Crippen molar-refractivity contribution in [3.8, 4) is 0 Å². The minimum Gasteiger partial charge on any atom is -0.459 e. The Kier molecular flexibility index (Phi) is 12.2. The minimum atomic E-state index is -0.583. The Balaban J connectivity index is 0.822. The molecular formula is C49H72O12. The fourth-order valence-electron chi connectivity index (χ4n) is 13.2. The Morgan fingerprint density at radius 3 is 2.23 bits per heavy atom. The molecule has 340 valence electrons. The van der Waals surface area contributed by atoms with Gasteiger partial charge in [0.15, 0.2) is 0 Å². The normalized spacial score (nSPS) is 54.6. The molecule has 0 bridgehead atoms. The standard InChI is InChI=1S/C49H72O12/c1-26(2)17-29-20-30(50)47-41(52-29)21-37-42(59-47)25-49(6)43(55-37)16-10-14-33-34(60-49)15-9-13-32-31(53-33)11-7-8-12-35-46(58-32)28(4)19-40-38(54-35)22-44-48(5,61-40)24-27(3)18-36-39(56-44)23-45(51)57-36/h7-9,15,27-44,46-47,50H,1,10-14,16-25H2,2-6H3/b8-7-,15-9-/t27-,28+,29-,30+,31?,32?,33?,34?,35?,36?,37?,38?,39?,40?,41?,42?,43?,44?,46?,47?,48-,49+/m1/s1. The monoisotopic (exact) mass is 853 g/mol. The van der Waals surface area contributed by atoms with Crippen LogP contribution in [0.15, 0.2) is 36.5 Å². The predicted molar refractivity (Wildman–Crippen MR) is 224 cm³/mol. The molecule has 0 spiro atoms. The number of hydrogen-bond donors (Lipinski definition) is 1.